The van der Waals surface area contributed by atoms with Crippen LogP contribution in [0, 0.1) is 6.92 Å². The van der Waals surface area contributed by atoms with Crippen LogP contribution in [0.5, 0.6) is 0 Å². The molecule has 6 nitrogen and oxygen atoms in total. The predicted molar refractivity (Wildman–Crippen MR) is 80.1 cm³/mol. The van der Waals surface area contributed by atoms with Crippen LogP contribution < -0.4 is 16.0 Å². The van der Waals surface area contributed by atoms with Gasteiger partial charge in [-0.1, -0.05) is 23.8 Å². The number of carbonyl (C=O) groups excluding carboxylic acids is 1. The molecule has 0 aliphatic carbocycles. The molecule has 0 spiro atoms. The summed E-state index contributed by atoms with van der Waals surface area (Å²) >= 11 is 0. The normalized spacial score (nSPS) is 11.0. The molecule has 0 fully saturated rings. The van der Waals surface area contributed by atoms with E-state index in [9.17, 15) is 13.2 Å². The Morgan fingerprint density at radius 3 is 2.38 bits per heavy atom. The number of nitrogens with one attached hydrogen (secondary N) is 2. The van der Waals surface area contributed by atoms with E-state index in [1.165, 1.54) is 24.3 Å². The molecule has 0 atom stereocenters. The van der Waals surface area contributed by atoms with Crippen LogP contribution in [-0.4, -0.2) is 14.3 Å². The van der Waals surface area contributed by atoms with E-state index >= 15 is 0 Å². The summed E-state index contributed by atoms with van der Waals surface area (Å²) in [6.45, 7) is 1.87. The van der Waals surface area contributed by atoms with E-state index in [0.717, 1.165) is 5.56 Å². The van der Waals surface area contributed by atoms with Crippen LogP contribution in [0.1, 0.15) is 15.9 Å². The largest absolute Gasteiger partial charge is 0.290 e. The molecule has 0 unspecified atom stereocenters. The van der Waals surface area contributed by atoms with Gasteiger partial charge in [0.2, 0.25) is 0 Å². The van der Waals surface area contributed by atoms with Crippen molar-refractivity contribution in [2.75, 3.05) is 4.72 Å². The smallest absolute Gasteiger partial charge is 0.265 e. The number of rotatable bonds is 4. The molecule has 21 heavy (non-hydrogen) atoms. The SMILES string of the molecule is Cc1ccc(S(=O)(=O)Nc2cccc(C(=O)NN)c2)cc1. The highest BCUT2D eigenvalue weighted by Gasteiger charge is 2.14. The molecule has 0 aliphatic rings. The van der Waals surface area contributed by atoms with Crippen molar-refractivity contribution in [3.05, 3.63) is 59.7 Å². The summed E-state index contributed by atoms with van der Waals surface area (Å²) in [6.07, 6.45) is 0. The first-order valence-corrected chi connectivity index (χ1v) is 7.61. The van der Waals surface area contributed by atoms with Crippen molar-refractivity contribution >= 4 is 21.6 Å². The second-order valence-corrected chi connectivity index (χ2v) is 6.16. The highest BCUT2D eigenvalue weighted by molar-refractivity contribution is 7.92. The number of carbonyl (C=O) groups is 1. The number of nitrogen functional groups attached to an aromatic ring is 1. The van der Waals surface area contributed by atoms with Crippen LogP contribution in [0.25, 0.3) is 0 Å². The molecule has 2 aromatic rings. The standard InChI is InChI=1S/C14H15N3O3S/c1-10-5-7-13(8-6-10)21(19,20)17-12-4-2-3-11(9-12)14(18)16-15/h2-9,17H,15H2,1H3,(H,16,18). The third-order valence-electron chi connectivity index (χ3n) is 2.84. The molecular formula is C14H15N3O3S. The van der Waals surface area contributed by atoms with Gasteiger partial charge in [-0.15, -0.1) is 0 Å². The molecule has 2 aromatic carbocycles. The number of hydrogen-bond acceptors (Lipinski definition) is 4. The van der Waals surface area contributed by atoms with Gasteiger partial charge in [0.25, 0.3) is 15.9 Å². The Labute approximate surface area is 123 Å². The van der Waals surface area contributed by atoms with Gasteiger partial charge < -0.3 is 0 Å². The van der Waals surface area contributed by atoms with Gasteiger partial charge in [-0.05, 0) is 37.3 Å². The molecule has 110 valence electrons. The number of amides is 1. The summed E-state index contributed by atoms with van der Waals surface area (Å²) in [6, 6.07) is 12.5. The highest BCUT2D eigenvalue weighted by atomic mass is 32.2. The van der Waals surface area contributed by atoms with Crippen LogP contribution in [0.15, 0.2) is 53.4 Å². The van der Waals surface area contributed by atoms with Gasteiger partial charge >= 0.3 is 0 Å². The van der Waals surface area contributed by atoms with Crippen LogP contribution in [0.3, 0.4) is 0 Å². The number of hydrogen-bond donors (Lipinski definition) is 3. The molecule has 0 saturated carbocycles. The summed E-state index contributed by atoms with van der Waals surface area (Å²) in [5.41, 5.74) is 3.52. The fraction of sp³-hybridized carbons (Fsp3) is 0.0714. The summed E-state index contributed by atoms with van der Waals surface area (Å²) in [7, 11) is -3.69. The zero-order valence-electron chi connectivity index (χ0n) is 11.3. The summed E-state index contributed by atoms with van der Waals surface area (Å²) < 4.78 is 26.9. The Morgan fingerprint density at radius 1 is 1.10 bits per heavy atom. The van der Waals surface area contributed by atoms with E-state index in [1.54, 1.807) is 24.3 Å². The lowest BCUT2D eigenvalue weighted by Gasteiger charge is -2.09. The molecule has 0 aromatic heterocycles. The number of nitrogens with two attached hydrogens (primary N) is 1. The topological polar surface area (TPSA) is 101 Å². The van der Waals surface area contributed by atoms with Gasteiger partial charge in [-0.2, -0.15) is 0 Å². The molecule has 0 heterocycles. The Bertz CT molecular complexity index is 755. The van der Waals surface area contributed by atoms with Crippen LogP contribution in [0.2, 0.25) is 0 Å². The van der Waals surface area contributed by atoms with Gasteiger partial charge in [0.15, 0.2) is 0 Å². The Balaban J connectivity index is 2.28. The van der Waals surface area contributed by atoms with Crippen molar-refractivity contribution < 1.29 is 13.2 Å². The predicted octanol–water partition coefficient (Wildman–Crippen LogP) is 1.40. The summed E-state index contributed by atoms with van der Waals surface area (Å²) in [4.78, 5) is 11.6. The molecule has 0 saturated heterocycles. The minimum atomic E-state index is -3.69. The minimum Gasteiger partial charge on any atom is -0.290 e. The fourth-order valence-electron chi connectivity index (χ4n) is 1.74. The molecule has 0 aliphatic heterocycles. The lowest BCUT2D eigenvalue weighted by atomic mass is 10.2. The number of benzene rings is 2. The van der Waals surface area contributed by atoms with Gasteiger partial charge in [-0.3, -0.25) is 14.9 Å². The van der Waals surface area contributed by atoms with Crippen LogP contribution in [-0.2, 0) is 10.0 Å². The zero-order chi connectivity index (χ0) is 15.5. The van der Waals surface area contributed by atoms with Crippen molar-refractivity contribution in [3.63, 3.8) is 0 Å². The first kappa shape index (κ1) is 15.0. The number of sulfonamides is 1. The average molecular weight is 305 g/mol. The molecule has 1 amide bonds. The van der Waals surface area contributed by atoms with Gasteiger partial charge in [0, 0.05) is 11.3 Å². The zero-order valence-corrected chi connectivity index (χ0v) is 12.1. The van der Waals surface area contributed by atoms with Gasteiger partial charge in [0.1, 0.15) is 0 Å². The summed E-state index contributed by atoms with van der Waals surface area (Å²) in [5.74, 6) is 4.55. The van der Waals surface area contributed by atoms with Gasteiger partial charge in [-0.25, -0.2) is 14.3 Å². The van der Waals surface area contributed by atoms with Crippen molar-refractivity contribution in [1.29, 1.82) is 0 Å². The van der Waals surface area contributed by atoms with Crippen LogP contribution >= 0.6 is 0 Å². The van der Waals surface area contributed by atoms with Crippen molar-refractivity contribution in [1.82, 2.24) is 5.43 Å². The van der Waals surface area contributed by atoms with Crippen molar-refractivity contribution in [2.24, 2.45) is 5.84 Å². The molecule has 2 rings (SSSR count). The van der Waals surface area contributed by atoms with Crippen LogP contribution in [0.4, 0.5) is 5.69 Å². The van der Waals surface area contributed by atoms with E-state index in [-0.39, 0.29) is 16.1 Å². The molecular weight excluding hydrogens is 290 g/mol. The third kappa shape index (κ3) is 3.59. The first-order chi connectivity index (χ1) is 9.92. The lowest BCUT2D eigenvalue weighted by molar-refractivity contribution is 0.0953. The molecule has 7 heteroatoms. The van der Waals surface area contributed by atoms with E-state index in [1.807, 2.05) is 12.3 Å². The number of anilines is 1. The van der Waals surface area contributed by atoms with Gasteiger partial charge in [0.05, 0.1) is 4.90 Å². The average Bonchev–Trinajstić information content (AvgIpc) is 2.46. The fourth-order valence-corrected chi connectivity index (χ4v) is 2.79. The Kier molecular flexibility index (Phi) is 4.25. The van der Waals surface area contributed by atoms with E-state index < -0.39 is 15.9 Å². The maximum Gasteiger partial charge on any atom is 0.265 e. The molecule has 0 radical (unpaired) electrons. The van der Waals surface area contributed by atoms with Crippen molar-refractivity contribution in [2.45, 2.75) is 11.8 Å². The second kappa shape index (κ2) is 5.94. The monoisotopic (exact) mass is 305 g/mol. The minimum absolute atomic E-state index is 0.154. The second-order valence-electron chi connectivity index (χ2n) is 4.47. The van der Waals surface area contributed by atoms with Crippen molar-refractivity contribution in [3.8, 4) is 0 Å². The number of aryl methyl sites for hydroxylation is 1. The molecule has 4 N–H and O–H groups in total. The van der Waals surface area contributed by atoms with E-state index in [4.69, 9.17) is 5.84 Å². The maximum absolute atomic E-state index is 12.2. The lowest BCUT2D eigenvalue weighted by Crippen LogP contribution is -2.30. The van der Waals surface area contributed by atoms with E-state index in [2.05, 4.69) is 4.72 Å². The van der Waals surface area contributed by atoms with E-state index in [0.29, 0.717) is 0 Å². The Morgan fingerprint density at radius 2 is 1.76 bits per heavy atom. The maximum atomic E-state index is 12.2. The highest BCUT2D eigenvalue weighted by Crippen LogP contribution is 2.17. The Hall–Kier alpha value is -2.38. The number of hydrazine groups is 1. The molecule has 0 bridgehead atoms. The quantitative estimate of drug-likeness (QED) is 0.451. The third-order valence-corrected chi connectivity index (χ3v) is 4.24. The summed E-state index contributed by atoms with van der Waals surface area (Å²) in [5, 5.41) is 0. The first-order valence-electron chi connectivity index (χ1n) is 6.13.